The number of rotatable bonds is 3. The Morgan fingerprint density at radius 1 is 1.35 bits per heavy atom. The minimum absolute atomic E-state index is 0.176. The first-order chi connectivity index (χ1) is 9.63. The molecule has 1 aliphatic rings. The van der Waals surface area contributed by atoms with Crippen molar-refractivity contribution in [2.24, 2.45) is 0 Å². The number of aryl methyl sites for hydroxylation is 1. The SMILES string of the molecule is CCNc1cc(C)ccc1C(=O)N1CCCCCC1C. The van der Waals surface area contributed by atoms with E-state index in [0.29, 0.717) is 6.04 Å². The van der Waals surface area contributed by atoms with Gasteiger partial charge in [0.2, 0.25) is 0 Å². The van der Waals surface area contributed by atoms with Crippen molar-refractivity contribution in [3.63, 3.8) is 0 Å². The minimum Gasteiger partial charge on any atom is -0.385 e. The van der Waals surface area contributed by atoms with Crippen LogP contribution in [0.5, 0.6) is 0 Å². The molecule has 1 aromatic carbocycles. The van der Waals surface area contributed by atoms with E-state index in [9.17, 15) is 4.79 Å². The smallest absolute Gasteiger partial charge is 0.256 e. The number of likely N-dealkylation sites (tertiary alicyclic amines) is 1. The van der Waals surface area contributed by atoms with Crippen LogP contribution in [0.15, 0.2) is 18.2 Å². The van der Waals surface area contributed by atoms with Gasteiger partial charge in [-0.1, -0.05) is 18.9 Å². The lowest BCUT2D eigenvalue weighted by Crippen LogP contribution is -2.38. The van der Waals surface area contributed by atoms with E-state index in [1.54, 1.807) is 0 Å². The number of nitrogens with zero attached hydrogens (tertiary/aromatic N) is 1. The summed E-state index contributed by atoms with van der Waals surface area (Å²) < 4.78 is 0. The summed E-state index contributed by atoms with van der Waals surface area (Å²) in [4.78, 5) is 14.9. The Balaban J connectivity index is 2.27. The summed E-state index contributed by atoms with van der Waals surface area (Å²) in [5.74, 6) is 0.176. The van der Waals surface area contributed by atoms with Crippen LogP contribution in [0.3, 0.4) is 0 Å². The molecular formula is C17H26N2O. The molecule has 1 aliphatic heterocycles. The molecule has 0 saturated carbocycles. The number of anilines is 1. The van der Waals surface area contributed by atoms with Crippen LogP contribution >= 0.6 is 0 Å². The van der Waals surface area contributed by atoms with Gasteiger partial charge in [0, 0.05) is 24.8 Å². The zero-order valence-electron chi connectivity index (χ0n) is 12.9. The molecule has 110 valence electrons. The number of carbonyl (C=O) groups is 1. The molecule has 1 unspecified atom stereocenters. The van der Waals surface area contributed by atoms with Crippen LogP contribution in [0.2, 0.25) is 0 Å². The largest absolute Gasteiger partial charge is 0.385 e. The summed E-state index contributed by atoms with van der Waals surface area (Å²) in [5.41, 5.74) is 2.96. The van der Waals surface area contributed by atoms with Crippen molar-refractivity contribution in [3.05, 3.63) is 29.3 Å². The van der Waals surface area contributed by atoms with Crippen LogP contribution in [0.1, 0.15) is 55.5 Å². The van der Waals surface area contributed by atoms with Crippen LogP contribution in [0.25, 0.3) is 0 Å². The van der Waals surface area contributed by atoms with Gasteiger partial charge in [0.25, 0.3) is 5.91 Å². The van der Waals surface area contributed by atoms with Gasteiger partial charge in [-0.2, -0.15) is 0 Å². The lowest BCUT2D eigenvalue weighted by molar-refractivity contribution is 0.0699. The van der Waals surface area contributed by atoms with Gasteiger partial charge in [0.05, 0.1) is 5.56 Å². The number of carbonyl (C=O) groups excluding carboxylic acids is 1. The molecular weight excluding hydrogens is 248 g/mol. The molecule has 1 amide bonds. The van der Waals surface area contributed by atoms with Gasteiger partial charge in [-0.3, -0.25) is 4.79 Å². The molecule has 0 aromatic heterocycles. The second-order valence-electron chi connectivity index (χ2n) is 5.78. The summed E-state index contributed by atoms with van der Waals surface area (Å²) in [6, 6.07) is 6.41. The summed E-state index contributed by atoms with van der Waals surface area (Å²) in [6.45, 7) is 8.01. The van der Waals surface area contributed by atoms with Gasteiger partial charge >= 0.3 is 0 Å². The van der Waals surface area contributed by atoms with Crippen molar-refractivity contribution in [3.8, 4) is 0 Å². The topological polar surface area (TPSA) is 32.3 Å². The average Bonchev–Trinajstić information content (AvgIpc) is 2.63. The summed E-state index contributed by atoms with van der Waals surface area (Å²) in [5, 5.41) is 3.32. The first-order valence-electron chi connectivity index (χ1n) is 7.79. The Labute approximate surface area is 122 Å². The number of hydrogen-bond donors (Lipinski definition) is 1. The Morgan fingerprint density at radius 2 is 2.15 bits per heavy atom. The van der Waals surface area contributed by atoms with E-state index in [1.807, 2.05) is 12.1 Å². The molecule has 1 atom stereocenters. The van der Waals surface area contributed by atoms with E-state index in [2.05, 4.69) is 37.1 Å². The van der Waals surface area contributed by atoms with E-state index in [4.69, 9.17) is 0 Å². The molecule has 0 spiro atoms. The fraction of sp³-hybridized carbons (Fsp3) is 0.588. The fourth-order valence-electron chi connectivity index (χ4n) is 2.91. The minimum atomic E-state index is 0.176. The third kappa shape index (κ3) is 3.33. The monoisotopic (exact) mass is 274 g/mol. The molecule has 1 N–H and O–H groups in total. The first kappa shape index (κ1) is 14.9. The zero-order chi connectivity index (χ0) is 14.5. The molecule has 3 heteroatoms. The number of benzene rings is 1. The van der Waals surface area contributed by atoms with Crippen molar-refractivity contribution in [2.45, 2.75) is 52.5 Å². The molecule has 0 aliphatic carbocycles. The quantitative estimate of drug-likeness (QED) is 0.908. The van der Waals surface area contributed by atoms with Gasteiger partial charge < -0.3 is 10.2 Å². The Morgan fingerprint density at radius 3 is 2.90 bits per heavy atom. The standard InChI is InChI=1S/C17H26N2O/c1-4-18-16-12-13(2)9-10-15(16)17(20)19-11-7-5-6-8-14(19)3/h9-10,12,14,18H,4-8,11H2,1-3H3. The van der Waals surface area contributed by atoms with E-state index in [0.717, 1.165) is 37.2 Å². The van der Waals surface area contributed by atoms with E-state index >= 15 is 0 Å². The molecule has 2 rings (SSSR count). The summed E-state index contributed by atoms with van der Waals surface area (Å²) >= 11 is 0. The van der Waals surface area contributed by atoms with Crippen LogP contribution in [0, 0.1) is 6.92 Å². The van der Waals surface area contributed by atoms with Gasteiger partial charge in [-0.05, 0) is 51.3 Å². The van der Waals surface area contributed by atoms with Crippen LogP contribution in [0.4, 0.5) is 5.69 Å². The van der Waals surface area contributed by atoms with Crippen LogP contribution in [-0.2, 0) is 0 Å². The van der Waals surface area contributed by atoms with E-state index in [-0.39, 0.29) is 5.91 Å². The lowest BCUT2D eigenvalue weighted by Gasteiger charge is -2.28. The highest BCUT2D eigenvalue weighted by atomic mass is 16.2. The second kappa shape index (κ2) is 6.78. The van der Waals surface area contributed by atoms with Crippen LogP contribution in [-0.4, -0.2) is 29.9 Å². The average molecular weight is 274 g/mol. The highest BCUT2D eigenvalue weighted by molar-refractivity contribution is 6.00. The van der Waals surface area contributed by atoms with Gasteiger partial charge in [-0.15, -0.1) is 0 Å². The fourth-order valence-corrected chi connectivity index (χ4v) is 2.91. The number of amides is 1. The molecule has 20 heavy (non-hydrogen) atoms. The van der Waals surface area contributed by atoms with Gasteiger partial charge in [-0.25, -0.2) is 0 Å². The van der Waals surface area contributed by atoms with Gasteiger partial charge in [0.15, 0.2) is 0 Å². The van der Waals surface area contributed by atoms with Gasteiger partial charge in [0.1, 0.15) is 0 Å². The first-order valence-corrected chi connectivity index (χ1v) is 7.79. The molecule has 0 bridgehead atoms. The maximum Gasteiger partial charge on any atom is 0.256 e. The molecule has 1 aromatic rings. The number of nitrogens with one attached hydrogen (secondary N) is 1. The third-order valence-electron chi connectivity index (χ3n) is 4.09. The zero-order valence-corrected chi connectivity index (χ0v) is 12.9. The summed E-state index contributed by atoms with van der Waals surface area (Å²) in [7, 11) is 0. The molecule has 3 nitrogen and oxygen atoms in total. The molecule has 0 radical (unpaired) electrons. The summed E-state index contributed by atoms with van der Waals surface area (Å²) in [6.07, 6.45) is 4.72. The van der Waals surface area contributed by atoms with Crippen LogP contribution < -0.4 is 5.32 Å². The second-order valence-corrected chi connectivity index (χ2v) is 5.78. The van der Waals surface area contributed by atoms with Crippen molar-refractivity contribution in [2.75, 3.05) is 18.4 Å². The van der Waals surface area contributed by atoms with Crippen molar-refractivity contribution in [1.82, 2.24) is 4.90 Å². The van der Waals surface area contributed by atoms with E-state index in [1.165, 1.54) is 18.4 Å². The Bertz CT molecular complexity index is 470. The maximum absolute atomic E-state index is 12.9. The molecule has 1 fully saturated rings. The van der Waals surface area contributed by atoms with E-state index < -0.39 is 0 Å². The number of hydrogen-bond acceptors (Lipinski definition) is 2. The Hall–Kier alpha value is -1.51. The molecule has 1 saturated heterocycles. The predicted octanol–water partition coefficient (Wildman–Crippen LogP) is 3.83. The third-order valence-corrected chi connectivity index (χ3v) is 4.09. The Kier molecular flexibility index (Phi) is 5.05. The van der Waals surface area contributed by atoms with Crippen molar-refractivity contribution in [1.29, 1.82) is 0 Å². The highest BCUT2D eigenvalue weighted by Crippen LogP contribution is 2.23. The normalized spacial score (nSPS) is 19.6. The maximum atomic E-state index is 12.9. The van der Waals surface area contributed by atoms with Crippen molar-refractivity contribution >= 4 is 11.6 Å². The highest BCUT2D eigenvalue weighted by Gasteiger charge is 2.24. The lowest BCUT2D eigenvalue weighted by atomic mass is 10.1. The molecule has 1 heterocycles. The van der Waals surface area contributed by atoms with Crippen molar-refractivity contribution < 1.29 is 4.79 Å². The predicted molar refractivity (Wildman–Crippen MR) is 84.3 cm³/mol.